The Bertz CT molecular complexity index is 2810. The zero-order chi connectivity index (χ0) is 46.4. The van der Waals surface area contributed by atoms with Crippen LogP contribution < -0.4 is 0 Å². The molecule has 2 heterocycles. The third-order valence-electron chi connectivity index (χ3n) is 11.0. The van der Waals surface area contributed by atoms with Crippen LogP contribution in [0.15, 0.2) is 126 Å². The average molecular weight is 1100 g/mol. The molecule has 6 aromatic rings. The van der Waals surface area contributed by atoms with E-state index >= 15 is 0 Å². The molecular formula is C51H50Cl5N4NiO5S2-. The monoisotopic (exact) mass is 1100 g/mol. The Morgan fingerprint density at radius 3 is 2.15 bits per heavy atom. The van der Waals surface area contributed by atoms with Gasteiger partial charge in [-0.1, -0.05) is 143 Å². The van der Waals surface area contributed by atoms with Gasteiger partial charge in [-0.2, -0.15) is 27.0 Å². The topological polar surface area (TPSA) is 115 Å². The van der Waals surface area contributed by atoms with Gasteiger partial charge in [0.1, 0.15) is 5.60 Å². The molecule has 362 valence electrons. The number of hydrogen-bond acceptors (Lipinski definition) is 6. The molecule has 0 bridgehead atoms. The molecule has 1 fully saturated rings. The molecule has 0 radical (unpaired) electrons. The standard InChI is InChI=1S/C37H33Cl2N3O3.C14H14Cl3NO2.Ni.2H2S/c38-29-20-19-25-17-18-27(33(25)34(29)39)22-31(37(44)45)40-35(26-12-5-2-6-13-26)28-14-7-8-15-30(28)41-36(43)32-16-9-21-42(32)23-24-10-3-1-4-11-24;1-14(2,3)20-13(19)18-7-8(6-15)11-10(18)5-4-9(16)12(11)17;;;/h1-8,10-15,18-20,31-32H,9,16-17,21-23H2,(H2,40,41,43,44,45);4-5,7H,6H2,1-3H3;;2*1H2/p-1/t31-,32-;;;;/m0..../s1. The zero-order valence-electron chi connectivity index (χ0n) is 37.2. The van der Waals surface area contributed by atoms with Crippen molar-refractivity contribution in [1.29, 1.82) is 0 Å². The number of alkyl halides is 1. The quantitative estimate of drug-likeness (QED) is 0.0785. The summed E-state index contributed by atoms with van der Waals surface area (Å²) in [6.45, 7) is 6.93. The number of aromatic nitrogens is 1. The van der Waals surface area contributed by atoms with Gasteiger partial charge in [0, 0.05) is 58.0 Å². The molecule has 68 heavy (non-hydrogen) atoms. The van der Waals surface area contributed by atoms with Crippen molar-refractivity contribution >= 4 is 131 Å². The van der Waals surface area contributed by atoms with E-state index in [1.54, 1.807) is 30.5 Å². The van der Waals surface area contributed by atoms with Gasteiger partial charge in [-0.3, -0.25) is 14.5 Å². The molecule has 1 saturated heterocycles. The number of allylic oxidation sites excluding steroid dienone is 1. The van der Waals surface area contributed by atoms with Crippen LogP contribution in [0.2, 0.25) is 20.1 Å². The van der Waals surface area contributed by atoms with Gasteiger partial charge in [-0.15, -0.1) is 17.3 Å². The second kappa shape index (κ2) is 25.3. The van der Waals surface area contributed by atoms with Crippen LogP contribution in [0.5, 0.6) is 0 Å². The smallest absolute Gasteiger partial charge is 0.419 e. The fourth-order valence-electron chi connectivity index (χ4n) is 8.05. The van der Waals surface area contributed by atoms with Gasteiger partial charge < -0.3 is 20.0 Å². The second-order valence-corrected chi connectivity index (χ2v) is 18.5. The molecule has 0 saturated carbocycles. The number of aliphatic carboxylic acids is 1. The van der Waals surface area contributed by atoms with E-state index < -0.39 is 23.7 Å². The first-order valence-electron chi connectivity index (χ1n) is 21.1. The molecule has 5 aromatic carbocycles. The number of benzene rings is 5. The van der Waals surface area contributed by atoms with E-state index in [0.29, 0.717) is 60.9 Å². The Hall–Kier alpha value is -3.94. The van der Waals surface area contributed by atoms with Gasteiger partial charge >= 0.3 is 12.1 Å². The minimum absolute atomic E-state index is 0. The molecular weight excluding hydrogens is 1050 g/mol. The van der Waals surface area contributed by atoms with Gasteiger partial charge in [0.05, 0.1) is 43.3 Å². The number of carbonyl (C=O) groups excluding carboxylic acids is 2. The molecule has 1 aliphatic carbocycles. The Labute approximate surface area is 446 Å². The fourth-order valence-corrected chi connectivity index (χ4v) is 9.16. The number of carboxylic acids is 1. The van der Waals surface area contributed by atoms with Crippen LogP contribution in [0.4, 0.5) is 10.5 Å². The van der Waals surface area contributed by atoms with Crippen LogP contribution in [0, 0.1) is 0 Å². The van der Waals surface area contributed by atoms with E-state index in [1.807, 2.05) is 99.6 Å². The van der Waals surface area contributed by atoms with Crippen molar-refractivity contribution in [3.63, 3.8) is 0 Å². The van der Waals surface area contributed by atoms with Crippen LogP contribution in [-0.4, -0.2) is 62.5 Å². The fraction of sp³-hybridized carbons (Fsp3) is 0.255. The maximum absolute atomic E-state index is 13.7. The number of carbonyl (C=O) groups is 3. The summed E-state index contributed by atoms with van der Waals surface area (Å²) in [5, 5.41) is 17.4. The average Bonchev–Trinajstić information content (AvgIpc) is 4.03. The van der Waals surface area contributed by atoms with Gasteiger partial charge in [0.15, 0.2) is 6.04 Å². The third kappa shape index (κ3) is 13.5. The van der Waals surface area contributed by atoms with Crippen molar-refractivity contribution < 1.29 is 40.7 Å². The summed E-state index contributed by atoms with van der Waals surface area (Å²) in [5.41, 5.74) is 6.77. The Balaban J connectivity index is 0.000000371. The number of likely N-dealkylation sites (tertiary alicyclic amines) is 1. The van der Waals surface area contributed by atoms with Crippen LogP contribution in [0.3, 0.4) is 0 Å². The summed E-state index contributed by atoms with van der Waals surface area (Å²) in [4.78, 5) is 45.6. The summed E-state index contributed by atoms with van der Waals surface area (Å²) in [7, 11) is 0. The van der Waals surface area contributed by atoms with Crippen molar-refractivity contribution in [1.82, 2.24) is 9.47 Å². The maximum Gasteiger partial charge on any atom is 0.419 e. The predicted octanol–water partition coefficient (Wildman–Crippen LogP) is 14.2. The predicted molar refractivity (Wildman–Crippen MR) is 285 cm³/mol. The summed E-state index contributed by atoms with van der Waals surface area (Å²) >= 11 is 31.0. The number of ether oxygens (including phenoxy) is 1. The largest absolute Gasteiger partial charge is 0.625 e. The van der Waals surface area contributed by atoms with Crippen molar-refractivity contribution in [2.45, 2.75) is 76.6 Å². The molecule has 2 atom stereocenters. The normalized spacial score (nSPS) is 14.8. The van der Waals surface area contributed by atoms with E-state index in [1.165, 1.54) is 4.57 Å². The van der Waals surface area contributed by atoms with E-state index in [4.69, 9.17) is 67.7 Å². The number of nitrogens with zero attached hydrogens (tertiary/aromatic N) is 4. The van der Waals surface area contributed by atoms with Crippen molar-refractivity contribution in [2.24, 2.45) is 4.99 Å². The number of fused-ring (bicyclic) bond motifs is 2. The summed E-state index contributed by atoms with van der Waals surface area (Å²) < 4.78 is 6.77. The number of para-hydroxylation sites is 1. The van der Waals surface area contributed by atoms with Gasteiger partial charge in [0.2, 0.25) is 0 Å². The number of hydrogen-bond donors (Lipinski definition) is 1. The molecule has 1 N–H and O–H groups in total. The van der Waals surface area contributed by atoms with E-state index in [0.717, 1.165) is 52.8 Å². The number of aliphatic imine (C=N–C) groups is 1. The zero-order valence-corrected chi connectivity index (χ0v) is 44.0. The van der Waals surface area contributed by atoms with Gasteiger partial charge in [0.25, 0.3) is 0 Å². The SMILES string of the molecule is CC(C)(C)OC(=O)n1cc(CCl)c2c(Cl)c(Cl)ccc21.O=C(O)[C@H](CC1=CCc2ccc(Cl)c(Cl)c21)N=C(c1ccccc1)c1ccccc1[N-]C(=O)[C@@H]1CCCN1Cc1ccccc1.S.S.[Ni]. The first-order chi connectivity index (χ1) is 31.1. The first kappa shape index (κ1) is 56.6. The molecule has 1 aromatic heterocycles. The Morgan fingerprint density at radius 2 is 1.49 bits per heavy atom. The van der Waals surface area contributed by atoms with Crippen LogP contribution in [0.25, 0.3) is 21.8 Å². The van der Waals surface area contributed by atoms with Crippen LogP contribution in [-0.2, 0) is 49.7 Å². The van der Waals surface area contributed by atoms with E-state index in [9.17, 15) is 19.5 Å². The van der Waals surface area contributed by atoms with Gasteiger partial charge in [-0.05, 0) is 92.6 Å². The molecule has 8 rings (SSSR count). The first-order valence-corrected chi connectivity index (χ1v) is 23.1. The van der Waals surface area contributed by atoms with Crippen molar-refractivity contribution in [2.75, 3.05) is 6.54 Å². The number of carboxylic acid groups (broad SMARTS) is 1. The minimum atomic E-state index is -1.12. The number of rotatable bonds is 11. The molecule has 1 amide bonds. The van der Waals surface area contributed by atoms with E-state index in [-0.39, 0.29) is 67.7 Å². The van der Waals surface area contributed by atoms with Crippen LogP contribution >= 0.6 is 85.0 Å². The summed E-state index contributed by atoms with van der Waals surface area (Å²) in [6, 6.07) is 32.4. The maximum atomic E-state index is 13.7. The molecule has 2 aliphatic rings. The number of amides is 1. The van der Waals surface area contributed by atoms with Crippen molar-refractivity contribution in [3.8, 4) is 0 Å². The van der Waals surface area contributed by atoms with Crippen LogP contribution in [0.1, 0.15) is 73.4 Å². The second-order valence-electron chi connectivity index (χ2n) is 16.7. The molecule has 0 spiro atoms. The van der Waals surface area contributed by atoms with Crippen molar-refractivity contribution in [3.05, 3.63) is 180 Å². The Kier molecular flexibility index (Phi) is 21.0. The number of halogens is 5. The molecule has 9 nitrogen and oxygen atoms in total. The Morgan fingerprint density at radius 1 is 0.853 bits per heavy atom. The molecule has 17 heteroatoms. The molecule has 0 unspecified atom stereocenters. The summed E-state index contributed by atoms with van der Waals surface area (Å²) in [5.74, 6) is -1.05. The third-order valence-corrected chi connectivity index (χ3v) is 12.9. The molecule has 1 aliphatic heterocycles. The van der Waals surface area contributed by atoms with Gasteiger partial charge in [-0.25, -0.2) is 9.59 Å². The summed E-state index contributed by atoms with van der Waals surface area (Å²) in [6.07, 6.45) is 5.59. The van der Waals surface area contributed by atoms with E-state index in [2.05, 4.69) is 22.3 Å². The minimum Gasteiger partial charge on any atom is -0.625 e.